The molecular weight excluding hydrogens is 324 g/mol. The van der Waals surface area contributed by atoms with Crippen molar-refractivity contribution in [2.75, 3.05) is 0 Å². The Morgan fingerprint density at radius 3 is 2.52 bits per heavy atom. The molecule has 0 fully saturated rings. The summed E-state index contributed by atoms with van der Waals surface area (Å²) in [5.41, 5.74) is 1.22. The number of benzene rings is 2. The number of esters is 1. The zero-order chi connectivity index (χ0) is 18.4. The number of nitrogens with zero attached hydrogens (tertiary/aromatic N) is 1. The van der Waals surface area contributed by atoms with E-state index in [0.717, 1.165) is 11.6 Å². The first kappa shape index (κ1) is 18.1. The summed E-state index contributed by atoms with van der Waals surface area (Å²) >= 11 is 0. The number of aryl methyl sites for hydroxylation is 1. The molecule has 0 saturated carbocycles. The van der Waals surface area contributed by atoms with Gasteiger partial charge < -0.3 is 10.1 Å². The number of amides is 1. The zero-order valence-electron chi connectivity index (χ0n) is 13.9. The van der Waals surface area contributed by atoms with Gasteiger partial charge in [0.2, 0.25) is 0 Å². The number of nitro groups is 1. The van der Waals surface area contributed by atoms with Crippen LogP contribution in [0.5, 0.6) is 0 Å². The molecule has 7 nitrogen and oxygen atoms in total. The third-order valence-corrected chi connectivity index (χ3v) is 3.60. The summed E-state index contributed by atoms with van der Waals surface area (Å²) in [6, 6.07) is 13.4. The maximum atomic E-state index is 12.1. The fourth-order valence-corrected chi connectivity index (χ4v) is 2.14. The maximum Gasteiger partial charge on any atom is 0.339 e. The molecule has 1 atom stereocenters. The lowest BCUT2D eigenvalue weighted by molar-refractivity contribution is -0.385. The van der Waals surface area contributed by atoms with Gasteiger partial charge in [-0.3, -0.25) is 14.9 Å². The molecule has 130 valence electrons. The Kier molecular flexibility index (Phi) is 5.84. The van der Waals surface area contributed by atoms with Crippen LogP contribution < -0.4 is 5.32 Å². The van der Waals surface area contributed by atoms with E-state index in [9.17, 15) is 19.7 Å². The van der Waals surface area contributed by atoms with Crippen molar-refractivity contribution in [2.45, 2.75) is 26.5 Å². The van der Waals surface area contributed by atoms with Crippen molar-refractivity contribution < 1.29 is 19.2 Å². The topological polar surface area (TPSA) is 98.5 Å². The molecule has 0 heterocycles. The van der Waals surface area contributed by atoms with Gasteiger partial charge in [0.1, 0.15) is 0 Å². The molecule has 7 heteroatoms. The van der Waals surface area contributed by atoms with Crippen LogP contribution in [0.15, 0.2) is 48.5 Å². The van der Waals surface area contributed by atoms with Gasteiger partial charge in [0.05, 0.1) is 10.5 Å². The van der Waals surface area contributed by atoms with Crippen LogP contribution >= 0.6 is 0 Å². The van der Waals surface area contributed by atoms with Gasteiger partial charge >= 0.3 is 5.97 Å². The van der Waals surface area contributed by atoms with Crippen molar-refractivity contribution in [3.05, 3.63) is 75.3 Å². The molecule has 0 radical (unpaired) electrons. The molecule has 0 aliphatic rings. The van der Waals surface area contributed by atoms with Gasteiger partial charge in [0, 0.05) is 18.2 Å². The van der Waals surface area contributed by atoms with Gasteiger partial charge in [0.15, 0.2) is 6.10 Å². The van der Waals surface area contributed by atoms with E-state index in [2.05, 4.69) is 5.32 Å². The van der Waals surface area contributed by atoms with Crippen molar-refractivity contribution in [2.24, 2.45) is 0 Å². The normalized spacial score (nSPS) is 11.4. The number of nitro benzene ring substituents is 1. The molecule has 0 unspecified atom stereocenters. The van der Waals surface area contributed by atoms with Gasteiger partial charge in [-0.25, -0.2) is 4.79 Å². The first-order valence-corrected chi connectivity index (χ1v) is 7.66. The number of hydrogen-bond acceptors (Lipinski definition) is 5. The Labute approximate surface area is 144 Å². The summed E-state index contributed by atoms with van der Waals surface area (Å²) in [5, 5.41) is 13.6. The van der Waals surface area contributed by atoms with Gasteiger partial charge in [0.25, 0.3) is 11.6 Å². The summed E-state index contributed by atoms with van der Waals surface area (Å²) in [5.74, 6) is -1.23. The minimum absolute atomic E-state index is 0.0278. The van der Waals surface area contributed by atoms with E-state index in [1.54, 1.807) is 6.92 Å². The van der Waals surface area contributed by atoms with E-state index in [1.807, 2.05) is 30.3 Å². The number of hydrogen-bond donors (Lipinski definition) is 1. The fraction of sp³-hybridized carbons (Fsp3) is 0.222. The third-order valence-electron chi connectivity index (χ3n) is 3.60. The predicted octanol–water partition coefficient (Wildman–Crippen LogP) is 2.76. The Bertz CT molecular complexity index is 789. The summed E-state index contributed by atoms with van der Waals surface area (Å²) in [6.07, 6.45) is -1.02. The monoisotopic (exact) mass is 342 g/mol. The Hall–Kier alpha value is -3.22. The van der Waals surface area contributed by atoms with Crippen LogP contribution in [0.2, 0.25) is 0 Å². The predicted molar refractivity (Wildman–Crippen MR) is 91.0 cm³/mol. The number of carbonyl (C=O) groups excluding carboxylic acids is 2. The molecule has 25 heavy (non-hydrogen) atoms. The lowest BCUT2D eigenvalue weighted by Gasteiger charge is -2.13. The maximum absolute atomic E-state index is 12.1. The smallest absolute Gasteiger partial charge is 0.339 e. The van der Waals surface area contributed by atoms with Gasteiger partial charge in [-0.05, 0) is 25.5 Å². The van der Waals surface area contributed by atoms with E-state index in [0.29, 0.717) is 12.1 Å². The first-order chi connectivity index (χ1) is 11.9. The molecule has 0 aliphatic heterocycles. The average molecular weight is 342 g/mol. The Balaban J connectivity index is 1.96. The van der Waals surface area contributed by atoms with Gasteiger partial charge in [-0.15, -0.1) is 0 Å². The van der Waals surface area contributed by atoms with E-state index in [1.165, 1.54) is 19.1 Å². The van der Waals surface area contributed by atoms with Crippen LogP contribution in [0.25, 0.3) is 0 Å². The van der Waals surface area contributed by atoms with Crippen LogP contribution in [0, 0.1) is 17.0 Å². The van der Waals surface area contributed by atoms with Crippen molar-refractivity contribution in [3.8, 4) is 0 Å². The average Bonchev–Trinajstić information content (AvgIpc) is 2.60. The highest BCUT2D eigenvalue weighted by atomic mass is 16.6. The second kappa shape index (κ2) is 8.05. The number of nitrogens with one attached hydrogen (secondary N) is 1. The molecule has 2 aromatic rings. The fourth-order valence-electron chi connectivity index (χ4n) is 2.14. The minimum Gasteiger partial charge on any atom is -0.449 e. The second-order valence-corrected chi connectivity index (χ2v) is 5.51. The lowest BCUT2D eigenvalue weighted by Crippen LogP contribution is -2.35. The molecule has 0 spiro atoms. The minimum atomic E-state index is -1.02. The quantitative estimate of drug-likeness (QED) is 0.494. The van der Waals surface area contributed by atoms with Crippen LogP contribution in [-0.4, -0.2) is 22.9 Å². The largest absolute Gasteiger partial charge is 0.449 e. The van der Waals surface area contributed by atoms with E-state index in [4.69, 9.17) is 4.74 Å². The van der Waals surface area contributed by atoms with Gasteiger partial charge in [-0.2, -0.15) is 0 Å². The molecule has 1 N–H and O–H groups in total. The van der Waals surface area contributed by atoms with E-state index >= 15 is 0 Å². The summed E-state index contributed by atoms with van der Waals surface area (Å²) in [7, 11) is 0. The SMILES string of the molecule is Cc1ccc(C(=O)O[C@H](C)C(=O)NCc2ccccc2)cc1[N+](=O)[O-]. The summed E-state index contributed by atoms with van der Waals surface area (Å²) in [6.45, 7) is 3.34. The highest BCUT2D eigenvalue weighted by molar-refractivity contribution is 5.92. The summed E-state index contributed by atoms with van der Waals surface area (Å²) in [4.78, 5) is 34.5. The first-order valence-electron chi connectivity index (χ1n) is 7.66. The number of carbonyl (C=O) groups is 2. The molecule has 2 aromatic carbocycles. The van der Waals surface area contributed by atoms with Crippen molar-refractivity contribution in [3.63, 3.8) is 0 Å². The Morgan fingerprint density at radius 2 is 1.88 bits per heavy atom. The van der Waals surface area contributed by atoms with Crippen LogP contribution in [0.3, 0.4) is 0 Å². The standard InChI is InChI=1S/C18H18N2O5/c1-12-8-9-15(10-16(12)20(23)24)18(22)25-13(2)17(21)19-11-14-6-4-3-5-7-14/h3-10,13H,11H2,1-2H3,(H,19,21)/t13-/m1/s1. The highest BCUT2D eigenvalue weighted by Gasteiger charge is 2.21. The van der Waals surface area contributed by atoms with E-state index < -0.39 is 22.9 Å². The van der Waals surface area contributed by atoms with Crippen LogP contribution in [0.1, 0.15) is 28.4 Å². The Morgan fingerprint density at radius 1 is 1.20 bits per heavy atom. The molecule has 0 aromatic heterocycles. The van der Waals surface area contributed by atoms with Crippen molar-refractivity contribution >= 4 is 17.6 Å². The molecular formula is C18H18N2O5. The third kappa shape index (κ3) is 4.87. The zero-order valence-corrected chi connectivity index (χ0v) is 13.9. The van der Waals surface area contributed by atoms with Crippen molar-refractivity contribution in [1.82, 2.24) is 5.32 Å². The van der Waals surface area contributed by atoms with E-state index in [-0.39, 0.29) is 11.3 Å². The van der Waals surface area contributed by atoms with Crippen LogP contribution in [-0.2, 0) is 16.1 Å². The molecule has 1 amide bonds. The summed E-state index contributed by atoms with van der Waals surface area (Å²) < 4.78 is 5.09. The van der Waals surface area contributed by atoms with Crippen LogP contribution in [0.4, 0.5) is 5.69 Å². The molecule has 0 bridgehead atoms. The molecule has 0 saturated heterocycles. The number of ether oxygens (including phenoxy) is 1. The lowest BCUT2D eigenvalue weighted by atomic mass is 10.1. The highest BCUT2D eigenvalue weighted by Crippen LogP contribution is 2.20. The molecule has 2 rings (SSSR count). The van der Waals surface area contributed by atoms with Gasteiger partial charge in [-0.1, -0.05) is 36.4 Å². The van der Waals surface area contributed by atoms with Crippen molar-refractivity contribution in [1.29, 1.82) is 0 Å². The molecule has 0 aliphatic carbocycles. The second-order valence-electron chi connectivity index (χ2n) is 5.51. The number of rotatable bonds is 6.